The monoisotopic (exact) mass is 670 g/mol. The van der Waals surface area contributed by atoms with Crippen molar-refractivity contribution in [2.75, 3.05) is 31.3 Å². The third kappa shape index (κ3) is 4.77. The zero-order valence-electron chi connectivity index (χ0n) is 22.7. The molecule has 2 unspecified atom stereocenters. The van der Waals surface area contributed by atoms with Crippen LogP contribution in [0.25, 0.3) is 22.3 Å². The number of fused-ring (bicyclic) bond motifs is 4. The highest BCUT2D eigenvalue weighted by molar-refractivity contribution is 7.47. The molecule has 9 atom stereocenters. The fourth-order valence-electron chi connectivity index (χ4n) is 5.97. The standard InChI is InChI=1S/C21H24N10O12P2/c22-14-10-15(25-5-24-14)30(6-26-10)19-12-13-21(41-19,3-37-12)4-39-45(35,36)42-9-1-8(2-38-44(33,34)43-13)40-18(9)31-7-27-11-16(31)28-20(23)29-17(11)32/h5-9,12-13,18-19H,1-4H2,(H,33,34)(H,35,36)(H2,22,24,25)(H3,23,28,29,32)/t8-,9+,12+,13-,18+,19+,21+/m0/s1. The number of phosphoric acid groups is 2. The van der Waals surface area contributed by atoms with Crippen molar-refractivity contribution in [3.05, 3.63) is 29.3 Å². The molecule has 4 aliphatic rings. The van der Waals surface area contributed by atoms with Crippen LogP contribution in [0.4, 0.5) is 11.8 Å². The molecule has 24 heteroatoms. The number of aromatic nitrogens is 8. The Hall–Kier alpha value is -3.40. The summed E-state index contributed by atoms with van der Waals surface area (Å²) in [6.07, 6.45) is -3.07. The summed E-state index contributed by atoms with van der Waals surface area (Å²) in [6.45, 7) is -1.42. The molecular weight excluding hydrogens is 646 g/mol. The first-order chi connectivity index (χ1) is 21.4. The smallest absolute Gasteiger partial charge is 0.382 e. The SMILES string of the molecule is Nc1nc2c(ncn2[C@@H]2O[C@@H]3COP(=O)(O)O[C@H]4[C@H]5OC[C@]4(COP(=O)(O)O[C@@H]2C3)O[C@H]5n2cnc3c(N)ncnc32)c(=O)[nH]1. The lowest BCUT2D eigenvalue weighted by atomic mass is 10.0. The van der Waals surface area contributed by atoms with E-state index in [-0.39, 0.29) is 47.1 Å². The van der Waals surface area contributed by atoms with E-state index in [2.05, 4.69) is 29.9 Å². The van der Waals surface area contributed by atoms with Crippen LogP contribution in [0.3, 0.4) is 0 Å². The number of phosphoric ester groups is 2. The molecular formula is C21H24N10O12P2. The molecule has 4 aromatic heterocycles. The highest BCUT2D eigenvalue weighted by Crippen LogP contribution is 2.58. The maximum absolute atomic E-state index is 13.4. The van der Waals surface area contributed by atoms with Gasteiger partial charge in [-0.05, 0) is 0 Å². The number of hydrogen-bond acceptors (Lipinski definition) is 17. The zero-order chi connectivity index (χ0) is 31.3. The van der Waals surface area contributed by atoms with E-state index in [4.69, 9.17) is 43.8 Å². The number of nitrogens with two attached hydrogens (primary N) is 2. The van der Waals surface area contributed by atoms with Crippen LogP contribution in [0.15, 0.2) is 23.8 Å². The number of aromatic amines is 1. The molecule has 0 radical (unpaired) electrons. The number of nitrogens with zero attached hydrogens (tertiary/aromatic N) is 7. The van der Waals surface area contributed by atoms with Crippen molar-refractivity contribution < 1.29 is 51.2 Å². The number of imidazole rings is 2. The number of nitrogen functional groups attached to an aromatic ring is 2. The molecule has 0 spiro atoms. The Kier molecular flexibility index (Phi) is 6.48. The first kappa shape index (κ1) is 29.0. The van der Waals surface area contributed by atoms with Crippen molar-refractivity contribution in [3.63, 3.8) is 0 Å². The van der Waals surface area contributed by atoms with E-state index in [0.29, 0.717) is 0 Å². The molecule has 240 valence electrons. The molecule has 4 bridgehead atoms. The van der Waals surface area contributed by atoms with E-state index in [1.54, 1.807) is 0 Å². The van der Waals surface area contributed by atoms with Crippen molar-refractivity contribution in [1.82, 2.24) is 39.0 Å². The second kappa shape index (κ2) is 10.0. The Balaban J connectivity index is 1.12. The lowest BCUT2D eigenvalue weighted by Crippen LogP contribution is -2.45. The molecule has 45 heavy (non-hydrogen) atoms. The van der Waals surface area contributed by atoms with Gasteiger partial charge in [0.05, 0.1) is 38.6 Å². The first-order valence-electron chi connectivity index (χ1n) is 13.3. The van der Waals surface area contributed by atoms with Crippen molar-refractivity contribution >= 4 is 49.7 Å². The van der Waals surface area contributed by atoms with Crippen LogP contribution in [0.2, 0.25) is 0 Å². The summed E-state index contributed by atoms with van der Waals surface area (Å²) in [7, 11) is -9.76. The summed E-state index contributed by atoms with van der Waals surface area (Å²) < 4.78 is 69.4. The molecule has 8 heterocycles. The molecule has 4 fully saturated rings. The number of ether oxygens (including phenoxy) is 3. The number of nitrogens with one attached hydrogen (secondary N) is 1. The van der Waals surface area contributed by atoms with Gasteiger partial charge in [-0.1, -0.05) is 0 Å². The molecule has 4 saturated heterocycles. The van der Waals surface area contributed by atoms with Gasteiger partial charge in [-0.2, -0.15) is 4.98 Å². The largest absolute Gasteiger partial charge is 0.472 e. The van der Waals surface area contributed by atoms with E-state index in [1.165, 1.54) is 28.1 Å². The molecule has 4 aliphatic heterocycles. The van der Waals surface area contributed by atoms with Gasteiger partial charge in [-0.15, -0.1) is 0 Å². The minimum absolute atomic E-state index is 0.00251. The van der Waals surface area contributed by atoms with Gasteiger partial charge in [0, 0.05) is 6.42 Å². The van der Waals surface area contributed by atoms with E-state index in [9.17, 15) is 23.7 Å². The highest BCUT2D eigenvalue weighted by atomic mass is 31.2. The highest BCUT2D eigenvalue weighted by Gasteiger charge is 2.66. The molecule has 22 nitrogen and oxygen atoms in total. The molecule has 8 rings (SSSR count). The maximum Gasteiger partial charge on any atom is 0.472 e. The first-order valence-corrected chi connectivity index (χ1v) is 16.3. The maximum atomic E-state index is 13.4. The molecule has 0 aromatic carbocycles. The third-order valence-electron chi connectivity index (χ3n) is 7.92. The average Bonchev–Trinajstić information content (AvgIpc) is 3.79. The van der Waals surface area contributed by atoms with Crippen molar-refractivity contribution in [1.29, 1.82) is 0 Å². The minimum atomic E-state index is -4.91. The van der Waals surface area contributed by atoms with Gasteiger partial charge in [0.1, 0.15) is 35.8 Å². The number of hydrogen-bond donors (Lipinski definition) is 5. The summed E-state index contributed by atoms with van der Waals surface area (Å²) >= 11 is 0. The van der Waals surface area contributed by atoms with Gasteiger partial charge in [-0.3, -0.25) is 37.0 Å². The van der Waals surface area contributed by atoms with Gasteiger partial charge in [0.2, 0.25) is 5.95 Å². The zero-order valence-corrected chi connectivity index (χ0v) is 24.5. The quantitative estimate of drug-likeness (QED) is 0.161. The second-order valence-electron chi connectivity index (χ2n) is 10.8. The summed E-state index contributed by atoms with van der Waals surface area (Å²) in [5.41, 5.74) is 9.78. The second-order valence-corrected chi connectivity index (χ2v) is 13.6. The predicted molar refractivity (Wildman–Crippen MR) is 145 cm³/mol. The lowest BCUT2D eigenvalue weighted by molar-refractivity contribution is -0.184. The Labute approximate surface area is 249 Å². The Morgan fingerprint density at radius 2 is 1.71 bits per heavy atom. The van der Waals surface area contributed by atoms with Gasteiger partial charge in [0.15, 0.2) is 35.1 Å². The Morgan fingerprint density at radius 1 is 0.956 bits per heavy atom. The molecule has 0 amide bonds. The van der Waals surface area contributed by atoms with Crippen molar-refractivity contribution in [2.45, 2.75) is 48.9 Å². The van der Waals surface area contributed by atoms with Crippen molar-refractivity contribution in [2.24, 2.45) is 0 Å². The van der Waals surface area contributed by atoms with Crippen LogP contribution in [0.5, 0.6) is 0 Å². The summed E-state index contributed by atoms with van der Waals surface area (Å²) in [6, 6.07) is 0. The van der Waals surface area contributed by atoms with Crippen molar-refractivity contribution in [3.8, 4) is 0 Å². The average molecular weight is 670 g/mol. The van der Waals surface area contributed by atoms with E-state index in [1.807, 2.05) is 0 Å². The number of H-pyrrole nitrogens is 1. The Bertz CT molecular complexity index is 1990. The summed E-state index contributed by atoms with van der Waals surface area (Å²) in [4.78, 5) is 56.7. The van der Waals surface area contributed by atoms with Crippen LogP contribution in [0, 0.1) is 0 Å². The molecule has 7 N–H and O–H groups in total. The van der Waals surface area contributed by atoms with Gasteiger partial charge in [-0.25, -0.2) is 29.1 Å². The van der Waals surface area contributed by atoms with E-state index in [0.717, 1.165) is 0 Å². The molecule has 4 aromatic rings. The Morgan fingerprint density at radius 3 is 2.53 bits per heavy atom. The van der Waals surface area contributed by atoms with Crippen LogP contribution >= 0.6 is 15.6 Å². The van der Waals surface area contributed by atoms with Gasteiger partial charge in [0.25, 0.3) is 5.56 Å². The number of anilines is 2. The fourth-order valence-corrected chi connectivity index (χ4v) is 7.96. The predicted octanol–water partition coefficient (Wildman–Crippen LogP) is -0.904. The normalized spacial score (nSPS) is 38.6. The molecule has 0 saturated carbocycles. The lowest BCUT2D eigenvalue weighted by Gasteiger charge is -2.32. The van der Waals surface area contributed by atoms with E-state index < -0.39 is 76.9 Å². The molecule has 0 aliphatic carbocycles. The third-order valence-corrected chi connectivity index (χ3v) is 9.88. The van der Waals surface area contributed by atoms with Crippen LogP contribution in [-0.2, 0) is 41.4 Å². The van der Waals surface area contributed by atoms with Gasteiger partial charge >= 0.3 is 15.6 Å². The number of rotatable bonds is 2. The minimum Gasteiger partial charge on any atom is -0.382 e. The van der Waals surface area contributed by atoms with Crippen LogP contribution < -0.4 is 17.0 Å². The van der Waals surface area contributed by atoms with Crippen LogP contribution in [0.1, 0.15) is 18.9 Å². The topological polar surface area (TPSA) is 298 Å². The summed E-state index contributed by atoms with van der Waals surface area (Å²) in [5, 5.41) is 0. The van der Waals surface area contributed by atoms with E-state index >= 15 is 0 Å². The fraction of sp³-hybridized carbons (Fsp3) is 0.524. The summed E-state index contributed by atoms with van der Waals surface area (Å²) in [5.74, 6) is -0.0960. The van der Waals surface area contributed by atoms with Crippen LogP contribution in [-0.4, -0.2) is 98.7 Å². The van der Waals surface area contributed by atoms with Gasteiger partial charge < -0.3 is 35.5 Å².